The first-order valence-electron chi connectivity index (χ1n) is 8.37. The van der Waals surface area contributed by atoms with E-state index in [0.29, 0.717) is 25.3 Å². The Kier molecular flexibility index (Phi) is 4.02. The Morgan fingerprint density at radius 3 is 2.92 bits per heavy atom. The molecule has 0 N–H and O–H groups in total. The largest absolute Gasteiger partial charge is 0.380 e. The third-order valence-electron chi connectivity index (χ3n) is 4.74. The van der Waals surface area contributed by atoms with Gasteiger partial charge in [-0.25, -0.2) is 0 Å². The van der Waals surface area contributed by atoms with Gasteiger partial charge in [-0.1, -0.05) is 0 Å². The molecule has 7 heteroatoms. The SMILES string of the molecule is Cn1ncc2c1[C@@H](COCC1CC1)CN(C(=O)c1ccnnc1)C2. The van der Waals surface area contributed by atoms with Gasteiger partial charge in [-0.3, -0.25) is 9.48 Å². The summed E-state index contributed by atoms with van der Waals surface area (Å²) in [5.74, 6) is 0.866. The molecule has 1 fully saturated rings. The number of aryl methyl sites for hydroxylation is 1. The number of hydrogen-bond acceptors (Lipinski definition) is 5. The molecule has 1 aliphatic heterocycles. The monoisotopic (exact) mass is 327 g/mol. The number of fused-ring (bicyclic) bond motifs is 1. The van der Waals surface area contributed by atoms with E-state index < -0.39 is 0 Å². The standard InChI is InChI=1S/C17H21N5O2/c1-21-16-14(7-20-21)8-22(17(23)13-4-5-18-19-6-13)9-15(16)11-24-10-12-2-3-12/h4-7,12,15H,2-3,8-11H2,1H3/t15-/m1/s1. The lowest BCUT2D eigenvalue weighted by molar-refractivity contribution is 0.0620. The van der Waals surface area contributed by atoms with Gasteiger partial charge in [0.05, 0.1) is 36.5 Å². The molecule has 0 aromatic carbocycles. The zero-order valence-corrected chi connectivity index (χ0v) is 13.8. The Bertz CT molecular complexity index is 726. The van der Waals surface area contributed by atoms with Crippen LogP contribution in [0, 0.1) is 5.92 Å². The quantitative estimate of drug-likeness (QED) is 0.829. The van der Waals surface area contributed by atoms with Crippen molar-refractivity contribution in [3.63, 3.8) is 0 Å². The number of carbonyl (C=O) groups excluding carboxylic acids is 1. The molecule has 2 aromatic rings. The van der Waals surface area contributed by atoms with Crippen LogP contribution in [-0.4, -0.2) is 50.5 Å². The normalized spacial score (nSPS) is 20.0. The Morgan fingerprint density at radius 1 is 1.29 bits per heavy atom. The molecule has 0 spiro atoms. The molecule has 1 amide bonds. The fraction of sp³-hybridized carbons (Fsp3) is 0.529. The van der Waals surface area contributed by atoms with Gasteiger partial charge in [0.25, 0.3) is 5.91 Å². The molecule has 3 heterocycles. The fourth-order valence-corrected chi connectivity index (χ4v) is 3.31. The third-order valence-corrected chi connectivity index (χ3v) is 4.74. The van der Waals surface area contributed by atoms with Gasteiger partial charge in [-0.2, -0.15) is 15.3 Å². The molecule has 2 aromatic heterocycles. The number of nitrogens with zero attached hydrogens (tertiary/aromatic N) is 5. The van der Waals surface area contributed by atoms with E-state index in [4.69, 9.17) is 4.74 Å². The highest BCUT2D eigenvalue weighted by atomic mass is 16.5. The maximum absolute atomic E-state index is 12.7. The smallest absolute Gasteiger partial charge is 0.255 e. The zero-order chi connectivity index (χ0) is 16.5. The lowest BCUT2D eigenvalue weighted by atomic mass is 9.96. The average Bonchev–Trinajstić information content (AvgIpc) is 3.36. The highest BCUT2D eigenvalue weighted by Crippen LogP contribution is 2.31. The lowest BCUT2D eigenvalue weighted by Crippen LogP contribution is -2.40. The molecule has 1 aliphatic carbocycles. The van der Waals surface area contributed by atoms with Crippen LogP contribution in [-0.2, 0) is 18.3 Å². The fourth-order valence-electron chi connectivity index (χ4n) is 3.31. The summed E-state index contributed by atoms with van der Waals surface area (Å²) in [4.78, 5) is 14.6. The molecule has 0 radical (unpaired) electrons. The summed E-state index contributed by atoms with van der Waals surface area (Å²) in [6.07, 6.45) is 7.47. The molecule has 2 aliphatic rings. The molecular weight excluding hydrogens is 306 g/mol. The van der Waals surface area contributed by atoms with E-state index in [-0.39, 0.29) is 11.8 Å². The predicted octanol–water partition coefficient (Wildman–Crippen LogP) is 1.38. The van der Waals surface area contributed by atoms with Crippen LogP contribution in [0.25, 0.3) is 0 Å². The number of carbonyl (C=O) groups is 1. The van der Waals surface area contributed by atoms with Crippen molar-refractivity contribution in [2.75, 3.05) is 19.8 Å². The van der Waals surface area contributed by atoms with Gasteiger partial charge in [-0.15, -0.1) is 0 Å². The Hall–Kier alpha value is -2.28. The van der Waals surface area contributed by atoms with Gasteiger partial charge in [0.2, 0.25) is 0 Å². The van der Waals surface area contributed by atoms with Crippen LogP contribution in [0.1, 0.15) is 40.4 Å². The van der Waals surface area contributed by atoms with Gasteiger partial charge in [0, 0.05) is 38.2 Å². The van der Waals surface area contributed by atoms with E-state index in [9.17, 15) is 4.79 Å². The van der Waals surface area contributed by atoms with Crippen molar-refractivity contribution < 1.29 is 9.53 Å². The van der Waals surface area contributed by atoms with Gasteiger partial charge < -0.3 is 9.64 Å². The summed E-state index contributed by atoms with van der Waals surface area (Å²) in [5, 5.41) is 11.9. The summed E-state index contributed by atoms with van der Waals surface area (Å²) < 4.78 is 7.82. The first-order valence-corrected chi connectivity index (χ1v) is 8.37. The van der Waals surface area contributed by atoms with E-state index in [0.717, 1.165) is 18.1 Å². The number of ether oxygens (including phenoxy) is 1. The molecule has 126 valence electrons. The maximum Gasteiger partial charge on any atom is 0.255 e. The van der Waals surface area contributed by atoms with E-state index in [1.807, 2.05) is 22.8 Å². The Labute approximate surface area is 140 Å². The highest BCUT2D eigenvalue weighted by Gasteiger charge is 2.32. The van der Waals surface area contributed by atoms with Crippen molar-refractivity contribution in [1.82, 2.24) is 24.9 Å². The lowest BCUT2D eigenvalue weighted by Gasteiger charge is -2.33. The molecule has 0 bridgehead atoms. The molecule has 1 atom stereocenters. The van der Waals surface area contributed by atoms with Crippen molar-refractivity contribution in [2.24, 2.45) is 13.0 Å². The summed E-state index contributed by atoms with van der Waals surface area (Å²) in [7, 11) is 1.96. The van der Waals surface area contributed by atoms with Crippen LogP contribution in [0.15, 0.2) is 24.7 Å². The number of rotatable bonds is 5. The maximum atomic E-state index is 12.7. The van der Waals surface area contributed by atoms with Crippen LogP contribution in [0.2, 0.25) is 0 Å². The minimum absolute atomic E-state index is 0.0217. The van der Waals surface area contributed by atoms with Crippen LogP contribution in [0.5, 0.6) is 0 Å². The molecule has 1 saturated carbocycles. The van der Waals surface area contributed by atoms with Gasteiger partial charge >= 0.3 is 0 Å². The van der Waals surface area contributed by atoms with Crippen molar-refractivity contribution in [3.8, 4) is 0 Å². The van der Waals surface area contributed by atoms with E-state index in [2.05, 4.69) is 15.3 Å². The summed E-state index contributed by atoms with van der Waals surface area (Å²) >= 11 is 0. The summed E-state index contributed by atoms with van der Waals surface area (Å²) in [6, 6.07) is 1.70. The molecule has 0 unspecified atom stereocenters. The predicted molar refractivity (Wildman–Crippen MR) is 86.3 cm³/mol. The summed E-state index contributed by atoms with van der Waals surface area (Å²) in [5.41, 5.74) is 2.84. The first kappa shape index (κ1) is 15.3. The van der Waals surface area contributed by atoms with Crippen LogP contribution in [0.4, 0.5) is 0 Å². The van der Waals surface area contributed by atoms with Crippen LogP contribution >= 0.6 is 0 Å². The highest BCUT2D eigenvalue weighted by molar-refractivity contribution is 5.94. The second-order valence-electron chi connectivity index (χ2n) is 6.67. The molecule has 24 heavy (non-hydrogen) atoms. The molecule has 0 saturated heterocycles. The molecule has 4 rings (SSSR count). The molecule has 7 nitrogen and oxygen atoms in total. The van der Waals surface area contributed by atoms with E-state index >= 15 is 0 Å². The Morgan fingerprint density at radius 2 is 2.17 bits per heavy atom. The minimum atomic E-state index is -0.0217. The zero-order valence-electron chi connectivity index (χ0n) is 13.8. The number of amides is 1. The third kappa shape index (κ3) is 3.03. The van der Waals surface area contributed by atoms with Crippen LogP contribution < -0.4 is 0 Å². The second-order valence-corrected chi connectivity index (χ2v) is 6.67. The van der Waals surface area contributed by atoms with Gasteiger partial charge in [-0.05, 0) is 24.8 Å². The van der Waals surface area contributed by atoms with Crippen molar-refractivity contribution in [3.05, 3.63) is 41.5 Å². The van der Waals surface area contributed by atoms with Gasteiger partial charge in [0.1, 0.15) is 0 Å². The topological polar surface area (TPSA) is 73.1 Å². The van der Waals surface area contributed by atoms with Crippen LogP contribution in [0.3, 0.4) is 0 Å². The summed E-state index contributed by atoms with van der Waals surface area (Å²) in [6.45, 7) is 2.66. The van der Waals surface area contributed by atoms with Gasteiger partial charge in [0.15, 0.2) is 0 Å². The molecular formula is C17H21N5O2. The average molecular weight is 327 g/mol. The Balaban J connectivity index is 1.52. The van der Waals surface area contributed by atoms with Crippen molar-refractivity contribution in [1.29, 1.82) is 0 Å². The van der Waals surface area contributed by atoms with E-state index in [1.165, 1.54) is 24.7 Å². The number of hydrogen-bond donors (Lipinski definition) is 0. The minimum Gasteiger partial charge on any atom is -0.380 e. The van der Waals surface area contributed by atoms with Crippen molar-refractivity contribution >= 4 is 5.91 Å². The van der Waals surface area contributed by atoms with E-state index in [1.54, 1.807) is 12.3 Å². The first-order chi connectivity index (χ1) is 11.7. The second kappa shape index (κ2) is 6.32. The van der Waals surface area contributed by atoms with Crippen molar-refractivity contribution in [2.45, 2.75) is 25.3 Å². The number of aromatic nitrogens is 4.